The number of nitrogens with one attached hydrogen (secondary N) is 1. The monoisotopic (exact) mass is 253 g/mol. The Hall–Kier alpha value is 0.0500. The first-order valence-electron chi connectivity index (χ1n) is 4.27. The molecule has 0 atom stereocenters. The number of hydrogen-bond acceptors (Lipinski definition) is 1. The van der Waals surface area contributed by atoms with Gasteiger partial charge in [-0.1, -0.05) is 43.1 Å². The van der Waals surface area contributed by atoms with E-state index in [-0.39, 0.29) is 12.4 Å². The Morgan fingerprint density at radius 2 is 1.71 bits per heavy atom. The van der Waals surface area contributed by atoms with Gasteiger partial charge in [0.15, 0.2) is 0 Å². The molecular weight excluding hydrogens is 240 g/mol. The summed E-state index contributed by atoms with van der Waals surface area (Å²) in [5.41, 5.74) is 0.972. The SMILES string of the molecule is CC(C)NCc1c(Cl)cccc1Cl.Cl. The lowest BCUT2D eigenvalue weighted by atomic mass is 10.2. The smallest absolute Gasteiger partial charge is 0.0465 e. The molecule has 80 valence electrons. The van der Waals surface area contributed by atoms with E-state index in [1.54, 1.807) is 0 Å². The summed E-state index contributed by atoms with van der Waals surface area (Å²) in [6.45, 7) is 4.89. The van der Waals surface area contributed by atoms with Crippen LogP contribution in [-0.4, -0.2) is 6.04 Å². The number of benzene rings is 1. The van der Waals surface area contributed by atoms with Crippen LogP contribution in [0.2, 0.25) is 10.0 Å². The molecule has 0 heterocycles. The van der Waals surface area contributed by atoms with Crippen LogP contribution < -0.4 is 5.32 Å². The van der Waals surface area contributed by atoms with E-state index in [1.807, 2.05) is 18.2 Å². The van der Waals surface area contributed by atoms with Gasteiger partial charge in [0.2, 0.25) is 0 Å². The van der Waals surface area contributed by atoms with E-state index in [1.165, 1.54) is 0 Å². The number of hydrogen-bond donors (Lipinski definition) is 1. The molecule has 0 aliphatic heterocycles. The van der Waals surface area contributed by atoms with E-state index in [0.717, 1.165) is 22.2 Å². The third-order valence-corrected chi connectivity index (χ3v) is 2.46. The molecule has 0 spiro atoms. The van der Waals surface area contributed by atoms with Crippen LogP contribution in [0.4, 0.5) is 0 Å². The van der Waals surface area contributed by atoms with Crippen LogP contribution in [0.1, 0.15) is 19.4 Å². The van der Waals surface area contributed by atoms with Crippen molar-refractivity contribution in [3.8, 4) is 0 Å². The second-order valence-electron chi connectivity index (χ2n) is 3.24. The Kier molecular flexibility index (Phi) is 6.54. The maximum atomic E-state index is 5.99. The standard InChI is InChI=1S/C10H13Cl2N.ClH/c1-7(2)13-6-8-9(11)4-3-5-10(8)12;/h3-5,7,13H,6H2,1-2H3;1H. The average Bonchev–Trinajstić information content (AvgIpc) is 2.03. The third kappa shape index (κ3) is 4.05. The van der Waals surface area contributed by atoms with Crippen molar-refractivity contribution < 1.29 is 0 Å². The van der Waals surface area contributed by atoms with Crippen molar-refractivity contribution in [3.05, 3.63) is 33.8 Å². The summed E-state index contributed by atoms with van der Waals surface area (Å²) in [6, 6.07) is 5.99. The third-order valence-electron chi connectivity index (χ3n) is 1.75. The summed E-state index contributed by atoms with van der Waals surface area (Å²) in [7, 11) is 0. The van der Waals surface area contributed by atoms with E-state index in [9.17, 15) is 0 Å². The molecular formula is C10H14Cl3N. The Balaban J connectivity index is 0.00000169. The van der Waals surface area contributed by atoms with Crippen LogP contribution in [0, 0.1) is 0 Å². The minimum absolute atomic E-state index is 0. The summed E-state index contributed by atoms with van der Waals surface area (Å²) in [6.07, 6.45) is 0. The van der Waals surface area contributed by atoms with Crippen molar-refractivity contribution in [1.29, 1.82) is 0 Å². The summed E-state index contributed by atoms with van der Waals surface area (Å²) >= 11 is 12.0. The zero-order chi connectivity index (χ0) is 9.84. The van der Waals surface area contributed by atoms with Crippen molar-refractivity contribution in [2.24, 2.45) is 0 Å². The predicted octanol–water partition coefficient (Wildman–Crippen LogP) is 3.91. The molecule has 1 nitrogen and oxygen atoms in total. The quantitative estimate of drug-likeness (QED) is 0.862. The highest BCUT2D eigenvalue weighted by Gasteiger charge is 2.04. The summed E-state index contributed by atoms with van der Waals surface area (Å²) in [5, 5.41) is 4.72. The van der Waals surface area contributed by atoms with Gasteiger partial charge in [0.25, 0.3) is 0 Å². The topological polar surface area (TPSA) is 12.0 Å². The van der Waals surface area contributed by atoms with Gasteiger partial charge in [-0.3, -0.25) is 0 Å². The van der Waals surface area contributed by atoms with Crippen LogP contribution in [0.25, 0.3) is 0 Å². The van der Waals surface area contributed by atoms with Gasteiger partial charge in [0.1, 0.15) is 0 Å². The Morgan fingerprint density at radius 1 is 1.21 bits per heavy atom. The van der Waals surface area contributed by atoms with E-state index in [2.05, 4.69) is 19.2 Å². The van der Waals surface area contributed by atoms with Crippen molar-refractivity contribution in [3.63, 3.8) is 0 Å². The van der Waals surface area contributed by atoms with Gasteiger partial charge in [0, 0.05) is 28.2 Å². The molecule has 1 aromatic carbocycles. The molecule has 0 unspecified atom stereocenters. The van der Waals surface area contributed by atoms with Crippen LogP contribution in [-0.2, 0) is 6.54 Å². The van der Waals surface area contributed by atoms with E-state index in [0.29, 0.717) is 6.04 Å². The molecule has 0 aromatic heterocycles. The van der Waals surface area contributed by atoms with Crippen LogP contribution in [0.5, 0.6) is 0 Å². The Bertz CT molecular complexity index is 266. The fourth-order valence-electron chi connectivity index (χ4n) is 1.01. The lowest BCUT2D eigenvalue weighted by molar-refractivity contribution is 0.589. The van der Waals surface area contributed by atoms with E-state index in [4.69, 9.17) is 23.2 Å². The molecule has 1 aromatic rings. The highest BCUT2D eigenvalue weighted by atomic mass is 35.5. The van der Waals surface area contributed by atoms with Gasteiger partial charge < -0.3 is 5.32 Å². The molecule has 0 fully saturated rings. The van der Waals surface area contributed by atoms with Gasteiger partial charge in [-0.25, -0.2) is 0 Å². The molecule has 4 heteroatoms. The first-order valence-corrected chi connectivity index (χ1v) is 5.03. The second-order valence-corrected chi connectivity index (χ2v) is 4.05. The van der Waals surface area contributed by atoms with Crippen molar-refractivity contribution in [2.75, 3.05) is 0 Å². The maximum absolute atomic E-state index is 5.99. The van der Waals surface area contributed by atoms with Crippen molar-refractivity contribution >= 4 is 35.6 Å². The molecule has 1 rings (SSSR count). The lowest BCUT2D eigenvalue weighted by Crippen LogP contribution is -2.22. The fourth-order valence-corrected chi connectivity index (χ4v) is 1.54. The Labute approximate surface area is 101 Å². The second kappa shape index (κ2) is 6.52. The molecule has 0 saturated heterocycles. The summed E-state index contributed by atoms with van der Waals surface area (Å²) in [5.74, 6) is 0. The zero-order valence-corrected chi connectivity index (χ0v) is 10.5. The van der Waals surface area contributed by atoms with Crippen LogP contribution >= 0.6 is 35.6 Å². The predicted molar refractivity (Wildman–Crippen MR) is 65.7 cm³/mol. The van der Waals surface area contributed by atoms with E-state index >= 15 is 0 Å². The molecule has 0 aliphatic rings. The average molecular weight is 255 g/mol. The molecule has 0 bridgehead atoms. The molecule has 14 heavy (non-hydrogen) atoms. The van der Waals surface area contributed by atoms with Crippen molar-refractivity contribution in [1.82, 2.24) is 5.32 Å². The maximum Gasteiger partial charge on any atom is 0.0465 e. The largest absolute Gasteiger partial charge is 0.310 e. The number of rotatable bonds is 3. The van der Waals surface area contributed by atoms with Gasteiger partial charge >= 0.3 is 0 Å². The fraction of sp³-hybridized carbons (Fsp3) is 0.400. The minimum atomic E-state index is 0. The Morgan fingerprint density at radius 3 is 2.14 bits per heavy atom. The molecule has 1 N–H and O–H groups in total. The van der Waals surface area contributed by atoms with Gasteiger partial charge in [-0.2, -0.15) is 0 Å². The summed E-state index contributed by atoms with van der Waals surface area (Å²) in [4.78, 5) is 0. The normalized spacial score (nSPS) is 10.1. The van der Waals surface area contributed by atoms with Gasteiger partial charge in [0.05, 0.1) is 0 Å². The molecule has 0 saturated carbocycles. The molecule has 0 amide bonds. The molecule has 0 aliphatic carbocycles. The van der Waals surface area contributed by atoms with Gasteiger partial charge in [-0.05, 0) is 12.1 Å². The first-order chi connectivity index (χ1) is 6.11. The molecule has 0 radical (unpaired) electrons. The first kappa shape index (κ1) is 14.1. The van der Waals surface area contributed by atoms with Crippen molar-refractivity contribution in [2.45, 2.75) is 26.4 Å². The van der Waals surface area contributed by atoms with Gasteiger partial charge in [-0.15, -0.1) is 12.4 Å². The van der Waals surface area contributed by atoms with E-state index < -0.39 is 0 Å². The minimum Gasteiger partial charge on any atom is -0.310 e. The summed E-state index contributed by atoms with van der Waals surface area (Å²) < 4.78 is 0. The van der Waals surface area contributed by atoms with Crippen LogP contribution in [0.15, 0.2) is 18.2 Å². The van der Waals surface area contributed by atoms with Crippen LogP contribution in [0.3, 0.4) is 0 Å². The lowest BCUT2D eigenvalue weighted by Gasteiger charge is -2.10. The highest BCUT2D eigenvalue weighted by molar-refractivity contribution is 6.35. The number of halogens is 3. The zero-order valence-electron chi connectivity index (χ0n) is 8.18. The highest BCUT2D eigenvalue weighted by Crippen LogP contribution is 2.23.